The van der Waals surface area contributed by atoms with E-state index in [4.69, 9.17) is 9.47 Å². The van der Waals surface area contributed by atoms with Gasteiger partial charge in [-0.15, -0.1) is 0 Å². The summed E-state index contributed by atoms with van der Waals surface area (Å²) in [6.45, 7) is 7.32. The van der Waals surface area contributed by atoms with Crippen molar-refractivity contribution in [2.45, 2.75) is 26.2 Å². The molecule has 0 aromatic rings. The Labute approximate surface area is 79.4 Å². The van der Waals surface area contributed by atoms with Gasteiger partial charge in [0.15, 0.2) is 0 Å². The van der Waals surface area contributed by atoms with Gasteiger partial charge in [0, 0.05) is 13.1 Å². The summed E-state index contributed by atoms with van der Waals surface area (Å²) in [7, 11) is 0. The highest BCUT2D eigenvalue weighted by Gasteiger charge is 2.18. The molecule has 4 heteroatoms. The van der Waals surface area contributed by atoms with Crippen LogP contribution in [0.25, 0.3) is 0 Å². The summed E-state index contributed by atoms with van der Waals surface area (Å²) in [6.07, 6.45) is -0.304. The maximum Gasteiger partial charge on any atom is 0.131 e. The molecule has 0 spiro atoms. The van der Waals surface area contributed by atoms with E-state index in [1.807, 2.05) is 18.7 Å². The number of rotatable bonds is 4. The highest BCUT2D eigenvalue weighted by molar-refractivity contribution is 4.64. The molecular formula is C9H19NO3. The number of aliphatic hydroxyl groups is 1. The van der Waals surface area contributed by atoms with E-state index >= 15 is 0 Å². The molecule has 0 radical (unpaired) electrons. The van der Waals surface area contributed by atoms with Crippen LogP contribution in [0.3, 0.4) is 0 Å². The fourth-order valence-electron chi connectivity index (χ4n) is 1.26. The zero-order valence-corrected chi connectivity index (χ0v) is 8.40. The Kier molecular flexibility index (Phi) is 4.66. The number of hydrogen-bond donors (Lipinski definition) is 1. The molecule has 0 bridgehead atoms. The van der Waals surface area contributed by atoms with Gasteiger partial charge < -0.3 is 14.6 Å². The second-order valence-electron chi connectivity index (χ2n) is 3.51. The molecule has 1 aliphatic heterocycles. The lowest BCUT2D eigenvalue weighted by atomic mass is 10.4. The van der Waals surface area contributed by atoms with Crippen LogP contribution in [-0.4, -0.2) is 55.2 Å². The standard InChI is InChI=1S/C9H19NO3/c1-8(2)13-7-9(11)10-3-5-12-6-4-10/h8-9,11H,3-7H2,1-2H3. The highest BCUT2D eigenvalue weighted by atomic mass is 16.5. The number of aliphatic hydroxyl groups excluding tert-OH is 1. The Balaban J connectivity index is 2.17. The van der Waals surface area contributed by atoms with Gasteiger partial charge in [-0.1, -0.05) is 0 Å². The van der Waals surface area contributed by atoms with Gasteiger partial charge in [0.05, 0.1) is 25.9 Å². The molecule has 13 heavy (non-hydrogen) atoms. The molecule has 1 fully saturated rings. The van der Waals surface area contributed by atoms with Crippen molar-refractivity contribution >= 4 is 0 Å². The fraction of sp³-hybridized carbons (Fsp3) is 1.00. The van der Waals surface area contributed by atoms with E-state index in [0.29, 0.717) is 19.8 Å². The maximum absolute atomic E-state index is 9.67. The minimum Gasteiger partial charge on any atom is -0.379 e. The van der Waals surface area contributed by atoms with Crippen LogP contribution in [0.1, 0.15) is 13.8 Å². The lowest BCUT2D eigenvalue weighted by molar-refractivity contribution is -0.102. The first-order valence-corrected chi connectivity index (χ1v) is 4.81. The molecule has 78 valence electrons. The van der Waals surface area contributed by atoms with Crippen molar-refractivity contribution < 1.29 is 14.6 Å². The molecule has 1 saturated heterocycles. The third kappa shape index (κ3) is 4.04. The van der Waals surface area contributed by atoms with Crippen LogP contribution in [0, 0.1) is 0 Å². The van der Waals surface area contributed by atoms with Crippen molar-refractivity contribution in [2.75, 3.05) is 32.9 Å². The number of ether oxygens (including phenoxy) is 2. The van der Waals surface area contributed by atoms with Crippen molar-refractivity contribution in [1.29, 1.82) is 0 Å². The Bertz CT molecular complexity index is 135. The Hall–Kier alpha value is -0.160. The Morgan fingerprint density at radius 3 is 2.54 bits per heavy atom. The average Bonchev–Trinajstić information content (AvgIpc) is 2.15. The molecule has 1 atom stereocenters. The van der Waals surface area contributed by atoms with Crippen molar-refractivity contribution in [3.63, 3.8) is 0 Å². The second-order valence-corrected chi connectivity index (χ2v) is 3.51. The van der Waals surface area contributed by atoms with Gasteiger partial charge in [0.25, 0.3) is 0 Å². The summed E-state index contributed by atoms with van der Waals surface area (Å²) >= 11 is 0. The quantitative estimate of drug-likeness (QED) is 0.679. The van der Waals surface area contributed by atoms with Gasteiger partial charge >= 0.3 is 0 Å². The van der Waals surface area contributed by atoms with E-state index in [0.717, 1.165) is 13.1 Å². The molecule has 4 nitrogen and oxygen atoms in total. The molecule has 0 saturated carbocycles. The third-order valence-corrected chi connectivity index (χ3v) is 2.05. The molecule has 1 N–H and O–H groups in total. The average molecular weight is 189 g/mol. The van der Waals surface area contributed by atoms with Crippen LogP contribution in [0.4, 0.5) is 0 Å². The predicted octanol–water partition coefficient (Wildman–Crippen LogP) is 0.0620. The third-order valence-electron chi connectivity index (χ3n) is 2.05. The van der Waals surface area contributed by atoms with E-state index < -0.39 is 6.23 Å². The molecular weight excluding hydrogens is 170 g/mol. The molecule has 0 amide bonds. The molecule has 0 aromatic carbocycles. The summed E-state index contributed by atoms with van der Waals surface area (Å²) in [6, 6.07) is 0. The zero-order valence-electron chi connectivity index (χ0n) is 8.40. The maximum atomic E-state index is 9.67. The summed E-state index contributed by atoms with van der Waals surface area (Å²) in [5, 5.41) is 9.67. The van der Waals surface area contributed by atoms with Crippen LogP contribution in [0.15, 0.2) is 0 Å². The van der Waals surface area contributed by atoms with Crippen molar-refractivity contribution in [3.8, 4) is 0 Å². The summed E-state index contributed by atoms with van der Waals surface area (Å²) in [5.41, 5.74) is 0. The van der Waals surface area contributed by atoms with E-state index in [2.05, 4.69) is 0 Å². The molecule has 1 aliphatic rings. The van der Waals surface area contributed by atoms with Gasteiger partial charge in [0.1, 0.15) is 6.23 Å². The van der Waals surface area contributed by atoms with E-state index in [1.54, 1.807) is 0 Å². The molecule has 0 aliphatic carbocycles. The largest absolute Gasteiger partial charge is 0.379 e. The van der Waals surface area contributed by atoms with Crippen LogP contribution >= 0.6 is 0 Å². The molecule has 1 heterocycles. The predicted molar refractivity (Wildman–Crippen MR) is 49.5 cm³/mol. The summed E-state index contributed by atoms with van der Waals surface area (Å²) < 4.78 is 10.5. The lowest BCUT2D eigenvalue weighted by Crippen LogP contribution is -2.45. The molecule has 0 aromatic heterocycles. The van der Waals surface area contributed by atoms with Crippen LogP contribution in [0.2, 0.25) is 0 Å². The minimum absolute atomic E-state index is 0.177. The van der Waals surface area contributed by atoms with Gasteiger partial charge in [-0.2, -0.15) is 0 Å². The van der Waals surface area contributed by atoms with E-state index in [1.165, 1.54) is 0 Å². The normalized spacial score (nSPS) is 22.2. The first-order chi connectivity index (χ1) is 6.20. The summed E-state index contributed by atoms with van der Waals surface area (Å²) in [4.78, 5) is 1.98. The highest BCUT2D eigenvalue weighted by Crippen LogP contribution is 2.02. The molecule has 1 rings (SSSR count). The zero-order chi connectivity index (χ0) is 9.68. The van der Waals surface area contributed by atoms with Crippen LogP contribution in [0.5, 0.6) is 0 Å². The lowest BCUT2D eigenvalue weighted by Gasteiger charge is -2.31. The Morgan fingerprint density at radius 2 is 2.00 bits per heavy atom. The Morgan fingerprint density at radius 1 is 1.38 bits per heavy atom. The van der Waals surface area contributed by atoms with Crippen molar-refractivity contribution in [3.05, 3.63) is 0 Å². The second kappa shape index (κ2) is 5.54. The van der Waals surface area contributed by atoms with Crippen molar-refractivity contribution in [1.82, 2.24) is 4.90 Å². The van der Waals surface area contributed by atoms with Crippen LogP contribution < -0.4 is 0 Å². The van der Waals surface area contributed by atoms with Gasteiger partial charge in [-0.05, 0) is 13.8 Å². The monoisotopic (exact) mass is 189 g/mol. The van der Waals surface area contributed by atoms with Crippen LogP contribution in [-0.2, 0) is 9.47 Å². The minimum atomic E-state index is -0.480. The molecule has 1 unspecified atom stereocenters. The van der Waals surface area contributed by atoms with Gasteiger partial charge in [0.2, 0.25) is 0 Å². The van der Waals surface area contributed by atoms with Gasteiger partial charge in [-0.25, -0.2) is 0 Å². The topological polar surface area (TPSA) is 41.9 Å². The van der Waals surface area contributed by atoms with Crippen molar-refractivity contribution in [2.24, 2.45) is 0 Å². The smallest absolute Gasteiger partial charge is 0.131 e. The number of morpholine rings is 1. The fourth-order valence-corrected chi connectivity index (χ4v) is 1.26. The first kappa shape index (κ1) is 10.9. The summed E-state index contributed by atoms with van der Waals surface area (Å²) in [5.74, 6) is 0. The first-order valence-electron chi connectivity index (χ1n) is 4.81. The number of hydrogen-bond acceptors (Lipinski definition) is 4. The SMILES string of the molecule is CC(C)OCC(O)N1CCOCC1. The van der Waals surface area contributed by atoms with E-state index in [-0.39, 0.29) is 6.10 Å². The number of nitrogens with zero attached hydrogens (tertiary/aromatic N) is 1. The van der Waals surface area contributed by atoms with Gasteiger partial charge in [-0.3, -0.25) is 4.90 Å². The van der Waals surface area contributed by atoms with E-state index in [9.17, 15) is 5.11 Å².